The van der Waals surface area contributed by atoms with Crippen molar-refractivity contribution in [2.24, 2.45) is 11.8 Å². The highest BCUT2D eigenvalue weighted by Crippen LogP contribution is 2.38. The van der Waals surface area contributed by atoms with Crippen LogP contribution in [0.1, 0.15) is 19.3 Å². The molecule has 0 bridgehead atoms. The van der Waals surface area contributed by atoms with Gasteiger partial charge >= 0.3 is 5.69 Å². The Hall–Kier alpha value is -1.23. The summed E-state index contributed by atoms with van der Waals surface area (Å²) in [7, 11) is -2.21. The molecule has 1 saturated carbocycles. The Balaban J connectivity index is 2.26. The van der Waals surface area contributed by atoms with Gasteiger partial charge in [0.1, 0.15) is 4.21 Å². The minimum absolute atomic E-state index is 0.0330. The van der Waals surface area contributed by atoms with E-state index in [2.05, 4.69) is 5.43 Å². The minimum atomic E-state index is -3.70. The van der Waals surface area contributed by atoms with E-state index in [0.29, 0.717) is 12.5 Å². The van der Waals surface area contributed by atoms with Crippen LogP contribution >= 0.6 is 11.3 Å². The molecule has 0 aromatic carbocycles. The van der Waals surface area contributed by atoms with E-state index in [-0.39, 0.29) is 14.9 Å². The lowest BCUT2D eigenvalue weighted by Gasteiger charge is -2.29. The molecule has 10 heteroatoms. The number of anilines is 1. The van der Waals surface area contributed by atoms with Gasteiger partial charge in [0.25, 0.3) is 10.0 Å². The van der Waals surface area contributed by atoms with Crippen molar-refractivity contribution in [1.82, 2.24) is 4.31 Å². The highest BCUT2D eigenvalue weighted by atomic mass is 32.2. The molecule has 3 N–H and O–H groups in total. The van der Waals surface area contributed by atoms with Gasteiger partial charge in [0, 0.05) is 19.7 Å². The van der Waals surface area contributed by atoms with Gasteiger partial charge in [-0.1, -0.05) is 17.8 Å². The van der Waals surface area contributed by atoms with Crippen molar-refractivity contribution in [2.45, 2.75) is 23.5 Å². The third-order valence-electron chi connectivity index (χ3n) is 3.42. The van der Waals surface area contributed by atoms with Gasteiger partial charge < -0.3 is 5.43 Å². The molecule has 8 nitrogen and oxygen atoms in total. The van der Waals surface area contributed by atoms with E-state index in [1.165, 1.54) is 11.4 Å². The summed E-state index contributed by atoms with van der Waals surface area (Å²) in [6.07, 6.45) is 3.18. The normalized spacial score (nSPS) is 16.1. The summed E-state index contributed by atoms with van der Waals surface area (Å²) in [6, 6.07) is 1.05. The SMILES string of the molecule is CN(CC1CCC1)S(=O)(=O)c1cc([N+](=O)[O-])c(NN)s1. The summed E-state index contributed by atoms with van der Waals surface area (Å²) in [5, 5.41) is 10.9. The lowest BCUT2D eigenvalue weighted by atomic mass is 9.86. The van der Waals surface area contributed by atoms with Crippen LogP contribution in [0.2, 0.25) is 0 Å². The van der Waals surface area contributed by atoms with E-state index in [1.807, 2.05) is 0 Å². The van der Waals surface area contributed by atoms with Crippen molar-refractivity contribution in [3.8, 4) is 0 Å². The van der Waals surface area contributed by atoms with Gasteiger partial charge in [-0.05, 0) is 18.8 Å². The Morgan fingerprint density at radius 1 is 1.60 bits per heavy atom. The van der Waals surface area contributed by atoms with E-state index in [0.717, 1.165) is 36.7 Å². The Kier molecular flexibility index (Phi) is 4.28. The van der Waals surface area contributed by atoms with Crippen molar-refractivity contribution in [3.05, 3.63) is 16.2 Å². The summed E-state index contributed by atoms with van der Waals surface area (Å²) >= 11 is 0.768. The smallest absolute Gasteiger partial charge is 0.306 e. The second-order valence-corrected chi connectivity index (χ2v) is 8.09. The van der Waals surface area contributed by atoms with Gasteiger partial charge in [0.15, 0.2) is 5.00 Å². The molecule has 0 spiro atoms. The molecule has 0 amide bonds. The fourth-order valence-electron chi connectivity index (χ4n) is 2.02. The van der Waals surface area contributed by atoms with Crippen LogP contribution < -0.4 is 11.3 Å². The highest BCUT2D eigenvalue weighted by molar-refractivity contribution is 7.91. The maximum Gasteiger partial charge on any atom is 0.306 e. The molecule has 0 unspecified atom stereocenters. The molecule has 1 fully saturated rings. The molecule has 2 rings (SSSR count). The quantitative estimate of drug-likeness (QED) is 0.464. The van der Waals surface area contributed by atoms with Gasteiger partial charge in [-0.2, -0.15) is 4.31 Å². The summed E-state index contributed by atoms with van der Waals surface area (Å²) in [6.45, 7) is 0.444. The first-order valence-corrected chi connectivity index (χ1v) is 8.33. The maximum atomic E-state index is 12.4. The summed E-state index contributed by atoms with van der Waals surface area (Å²) in [5.41, 5.74) is 1.84. The number of nitrogen functional groups attached to an aromatic ring is 1. The molecule has 1 aromatic rings. The fraction of sp³-hybridized carbons (Fsp3) is 0.600. The first-order valence-electron chi connectivity index (χ1n) is 6.07. The molecule has 1 aliphatic carbocycles. The molecule has 0 radical (unpaired) electrons. The van der Waals surface area contributed by atoms with Crippen molar-refractivity contribution < 1.29 is 13.3 Å². The zero-order chi connectivity index (χ0) is 14.9. The number of thiophene rings is 1. The second-order valence-electron chi connectivity index (χ2n) is 4.76. The van der Waals surface area contributed by atoms with Crippen molar-refractivity contribution >= 4 is 32.0 Å². The number of rotatable bonds is 6. The van der Waals surface area contributed by atoms with Gasteiger partial charge in [-0.15, -0.1) is 0 Å². The monoisotopic (exact) mass is 320 g/mol. The van der Waals surface area contributed by atoms with Crippen LogP contribution in [-0.4, -0.2) is 31.2 Å². The number of sulfonamides is 1. The van der Waals surface area contributed by atoms with E-state index in [4.69, 9.17) is 5.84 Å². The van der Waals surface area contributed by atoms with E-state index in [1.54, 1.807) is 0 Å². The molecule has 0 atom stereocenters. The summed E-state index contributed by atoms with van der Waals surface area (Å²) in [4.78, 5) is 10.2. The van der Waals surface area contributed by atoms with Crippen molar-refractivity contribution in [1.29, 1.82) is 0 Å². The molecule has 20 heavy (non-hydrogen) atoms. The summed E-state index contributed by atoms with van der Waals surface area (Å²) in [5.74, 6) is 5.57. The second kappa shape index (κ2) is 5.64. The Morgan fingerprint density at radius 3 is 2.65 bits per heavy atom. The lowest BCUT2D eigenvalue weighted by molar-refractivity contribution is -0.383. The van der Waals surface area contributed by atoms with Gasteiger partial charge in [-0.3, -0.25) is 10.1 Å². The first-order chi connectivity index (χ1) is 9.36. The highest BCUT2D eigenvalue weighted by Gasteiger charge is 2.31. The van der Waals surface area contributed by atoms with Crippen LogP contribution in [-0.2, 0) is 10.0 Å². The van der Waals surface area contributed by atoms with Crippen LogP contribution in [0.25, 0.3) is 0 Å². The van der Waals surface area contributed by atoms with Gasteiger partial charge in [0.05, 0.1) is 4.92 Å². The molecular formula is C10H16N4O4S2. The Bertz CT molecular complexity index is 609. The zero-order valence-corrected chi connectivity index (χ0v) is 12.5. The van der Waals surface area contributed by atoms with Crippen LogP contribution in [0.5, 0.6) is 0 Å². The van der Waals surface area contributed by atoms with Crippen LogP contribution in [0.4, 0.5) is 10.7 Å². The van der Waals surface area contributed by atoms with Gasteiger partial charge in [0.2, 0.25) is 0 Å². The van der Waals surface area contributed by atoms with Crippen molar-refractivity contribution in [3.63, 3.8) is 0 Å². The number of nitro groups is 1. The van der Waals surface area contributed by atoms with E-state index >= 15 is 0 Å². The van der Waals surface area contributed by atoms with Crippen LogP contribution in [0, 0.1) is 16.0 Å². The number of nitrogens with one attached hydrogen (secondary N) is 1. The molecule has 0 saturated heterocycles. The van der Waals surface area contributed by atoms with E-state index in [9.17, 15) is 18.5 Å². The average molecular weight is 320 g/mol. The number of nitrogens with two attached hydrogens (primary N) is 1. The molecule has 0 aliphatic heterocycles. The minimum Gasteiger partial charge on any atom is -0.310 e. The maximum absolute atomic E-state index is 12.4. The average Bonchev–Trinajstić information content (AvgIpc) is 2.78. The third kappa shape index (κ3) is 2.77. The van der Waals surface area contributed by atoms with Gasteiger partial charge in [-0.25, -0.2) is 14.3 Å². The third-order valence-corrected chi connectivity index (χ3v) is 6.75. The van der Waals surface area contributed by atoms with Crippen LogP contribution in [0.15, 0.2) is 10.3 Å². The first kappa shape index (κ1) is 15.2. The molecule has 1 heterocycles. The summed E-state index contributed by atoms with van der Waals surface area (Å²) < 4.78 is 25.9. The standard InChI is InChI=1S/C10H16N4O4S2/c1-13(6-7-3-2-4-7)20(17,18)9-5-8(14(15)16)10(12-11)19-9/h5,7,12H,2-4,6,11H2,1H3. The Morgan fingerprint density at radius 2 is 2.25 bits per heavy atom. The lowest BCUT2D eigenvalue weighted by Crippen LogP contribution is -2.33. The topological polar surface area (TPSA) is 119 Å². The number of nitrogens with zero attached hydrogens (tertiary/aromatic N) is 2. The molecule has 1 aliphatic rings. The predicted molar refractivity (Wildman–Crippen MR) is 75.9 cm³/mol. The van der Waals surface area contributed by atoms with Crippen LogP contribution in [0.3, 0.4) is 0 Å². The number of hydrogen-bond acceptors (Lipinski definition) is 7. The van der Waals surface area contributed by atoms with Crippen molar-refractivity contribution in [2.75, 3.05) is 19.0 Å². The van der Waals surface area contributed by atoms with E-state index < -0.39 is 14.9 Å². The zero-order valence-electron chi connectivity index (χ0n) is 10.9. The fourth-order valence-corrected chi connectivity index (χ4v) is 4.71. The Labute approximate surface area is 120 Å². The molecule has 1 aromatic heterocycles. The molecule has 112 valence electrons. The number of hydrogen-bond donors (Lipinski definition) is 2. The number of hydrazine groups is 1. The predicted octanol–water partition coefficient (Wildman–Crippen LogP) is 1.36. The molecular weight excluding hydrogens is 304 g/mol. The largest absolute Gasteiger partial charge is 0.310 e.